The number of hydrogen-bond donors (Lipinski definition) is 0. The zero-order valence-corrected chi connectivity index (χ0v) is 8.00. The molecular weight excluding hydrogens is 190 g/mol. The highest BCUT2D eigenvalue weighted by Crippen LogP contribution is 2.17. The number of rotatable bonds is 1. The van der Waals surface area contributed by atoms with Gasteiger partial charge in [0, 0.05) is 6.20 Å². The molecule has 1 aliphatic rings. The second kappa shape index (κ2) is 5.17. The summed E-state index contributed by atoms with van der Waals surface area (Å²) < 4.78 is 10.7. The minimum Gasteiger partial charge on any atom is -0.376 e. The Hall–Kier alpha value is -0.640. The van der Waals surface area contributed by atoms with Crippen molar-refractivity contribution in [3.63, 3.8) is 0 Å². The molecule has 0 aliphatic carbocycles. The van der Waals surface area contributed by atoms with Crippen molar-refractivity contribution >= 4 is 12.4 Å². The zero-order chi connectivity index (χ0) is 8.23. The maximum absolute atomic E-state index is 5.48. The van der Waals surface area contributed by atoms with Crippen LogP contribution in [-0.4, -0.2) is 24.8 Å². The van der Waals surface area contributed by atoms with E-state index in [2.05, 4.69) is 4.98 Å². The number of aromatic nitrogens is 1. The molecule has 0 amide bonds. The maximum atomic E-state index is 5.48. The molecule has 4 heteroatoms. The molecule has 1 unspecified atom stereocenters. The number of nitrogens with zero attached hydrogens (tertiary/aromatic N) is 1. The van der Waals surface area contributed by atoms with Crippen LogP contribution in [0.5, 0.6) is 0 Å². The molecule has 1 aromatic rings. The van der Waals surface area contributed by atoms with Crippen LogP contribution in [0.2, 0.25) is 0 Å². The van der Waals surface area contributed by atoms with Gasteiger partial charge in [0.15, 0.2) is 0 Å². The van der Waals surface area contributed by atoms with E-state index in [1.807, 2.05) is 18.2 Å². The zero-order valence-electron chi connectivity index (χ0n) is 7.18. The quantitative estimate of drug-likeness (QED) is 0.692. The van der Waals surface area contributed by atoms with Gasteiger partial charge in [-0.15, -0.1) is 12.4 Å². The number of hydrogen-bond acceptors (Lipinski definition) is 3. The summed E-state index contributed by atoms with van der Waals surface area (Å²) in [5.41, 5.74) is 0.956. The Kier molecular flexibility index (Phi) is 4.15. The van der Waals surface area contributed by atoms with Crippen molar-refractivity contribution < 1.29 is 9.47 Å². The van der Waals surface area contributed by atoms with Crippen molar-refractivity contribution in [2.24, 2.45) is 0 Å². The van der Waals surface area contributed by atoms with Crippen molar-refractivity contribution in [3.8, 4) is 0 Å². The first-order valence-corrected chi connectivity index (χ1v) is 4.07. The van der Waals surface area contributed by atoms with Crippen molar-refractivity contribution in [2.45, 2.75) is 6.10 Å². The first-order valence-electron chi connectivity index (χ1n) is 4.07. The Morgan fingerprint density at radius 2 is 2.23 bits per heavy atom. The summed E-state index contributed by atoms with van der Waals surface area (Å²) in [5, 5.41) is 0. The fourth-order valence-corrected chi connectivity index (χ4v) is 1.22. The Morgan fingerprint density at radius 1 is 1.31 bits per heavy atom. The number of pyridine rings is 1. The molecule has 0 aromatic carbocycles. The molecule has 1 saturated heterocycles. The van der Waals surface area contributed by atoms with Crippen molar-refractivity contribution in [1.82, 2.24) is 4.98 Å². The van der Waals surface area contributed by atoms with Crippen LogP contribution in [0.15, 0.2) is 24.4 Å². The predicted octanol–water partition coefficient (Wildman–Crippen LogP) is 1.59. The van der Waals surface area contributed by atoms with Gasteiger partial charge in [0.2, 0.25) is 0 Å². The molecule has 0 bridgehead atoms. The second-order valence-electron chi connectivity index (χ2n) is 2.69. The molecular formula is C9H12ClNO2. The van der Waals surface area contributed by atoms with E-state index in [4.69, 9.17) is 9.47 Å². The lowest BCUT2D eigenvalue weighted by atomic mass is 10.2. The predicted molar refractivity (Wildman–Crippen MR) is 51.0 cm³/mol. The fourth-order valence-electron chi connectivity index (χ4n) is 1.22. The Morgan fingerprint density at radius 3 is 2.85 bits per heavy atom. The standard InChI is InChI=1S/C9H11NO2.ClH/c1-2-4-10-8(3-1)9-7-11-5-6-12-9;/h1-4,9H,5-7H2;1H. The monoisotopic (exact) mass is 201 g/mol. The van der Waals surface area contributed by atoms with Crippen LogP contribution in [0, 0.1) is 0 Å². The van der Waals surface area contributed by atoms with Gasteiger partial charge in [0.05, 0.1) is 25.5 Å². The smallest absolute Gasteiger partial charge is 0.123 e. The van der Waals surface area contributed by atoms with E-state index in [-0.39, 0.29) is 18.5 Å². The van der Waals surface area contributed by atoms with Gasteiger partial charge in [-0.3, -0.25) is 4.98 Å². The highest BCUT2D eigenvalue weighted by molar-refractivity contribution is 5.85. The van der Waals surface area contributed by atoms with E-state index in [1.54, 1.807) is 6.20 Å². The van der Waals surface area contributed by atoms with Crippen LogP contribution in [0.3, 0.4) is 0 Å². The Labute approximate surface area is 83.5 Å². The third-order valence-corrected chi connectivity index (χ3v) is 1.83. The van der Waals surface area contributed by atoms with E-state index < -0.39 is 0 Å². The van der Waals surface area contributed by atoms with Crippen molar-refractivity contribution in [3.05, 3.63) is 30.1 Å². The van der Waals surface area contributed by atoms with E-state index in [0.717, 1.165) is 5.69 Å². The van der Waals surface area contributed by atoms with Gasteiger partial charge in [-0.05, 0) is 12.1 Å². The van der Waals surface area contributed by atoms with E-state index in [9.17, 15) is 0 Å². The van der Waals surface area contributed by atoms with Crippen LogP contribution >= 0.6 is 12.4 Å². The minimum atomic E-state index is 0. The van der Waals surface area contributed by atoms with Gasteiger partial charge < -0.3 is 9.47 Å². The normalized spacial score (nSPS) is 22.0. The molecule has 0 spiro atoms. The lowest BCUT2D eigenvalue weighted by Gasteiger charge is -2.22. The summed E-state index contributed by atoms with van der Waals surface area (Å²) in [6, 6.07) is 5.81. The fraction of sp³-hybridized carbons (Fsp3) is 0.444. The summed E-state index contributed by atoms with van der Waals surface area (Å²) in [6.45, 7) is 1.99. The average Bonchev–Trinajstić information content (AvgIpc) is 2.21. The Balaban J connectivity index is 0.000000845. The van der Waals surface area contributed by atoms with E-state index in [0.29, 0.717) is 19.8 Å². The second-order valence-corrected chi connectivity index (χ2v) is 2.69. The first-order chi connectivity index (χ1) is 5.97. The summed E-state index contributed by atoms with van der Waals surface area (Å²) in [6.07, 6.45) is 1.80. The molecule has 72 valence electrons. The van der Waals surface area contributed by atoms with Crippen LogP contribution in [-0.2, 0) is 9.47 Å². The molecule has 1 aliphatic heterocycles. The van der Waals surface area contributed by atoms with Gasteiger partial charge in [-0.2, -0.15) is 0 Å². The van der Waals surface area contributed by atoms with Crippen molar-refractivity contribution in [1.29, 1.82) is 0 Å². The van der Waals surface area contributed by atoms with E-state index in [1.165, 1.54) is 0 Å². The molecule has 1 atom stereocenters. The summed E-state index contributed by atoms with van der Waals surface area (Å²) >= 11 is 0. The van der Waals surface area contributed by atoms with Crippen LogP contribution in [0.1, 0.15) is 11.8 Å². The van der Waals surface area contributed by atoms with Crippen LogP contribution in [0.25, 0.3) is 0 Å². The minimum absolute atomic E-state index is 0. The lowest BCUT2D eigenvalue weighted by molar-refractivity contribution is -0.0917. The molecule has 2 rings (SSSR count). The van der Waals surface area contributed by atoms with Gasteiger partial charge in [-0.25, -0.2) is 0 Å². The summed E-state index contributed by atoms with van der Waals surface area (Å²) in [4.78, 5) is 4.20. The Bertz CT molecular complexity index is 237. The lowest BCUT2D eigenvalue weighted by Crippen LogP contribution is -2.22. The van der Waals surface area contributed by atoms with Gasteiger partial charge in [0.25, 0.3) is 0 Å². The molecule has 2 heterocycles. The van der Waals surface area contributed by atoms with E-state index >= 15 is 0 Å². The van der Waals surface area contributed by atoms with Gasteiger partial charge >= 0.3 is 0 Å². The topological polar surface area (TPSA) is 31.4 Å². The van der Waals surface area contributed by atoms with Crippen LogP contribution in [0.4, 0.5) is 0 Å². The molecule has 3 nitrogen and oxygen atoms in total. The third kappa shape index (κ3) is 2.66. The third-order valence-electron chi connectivity index (χ3n) is 1.83. The van der Waals surface area contributed by atoms with Gasteiger partial charge in [0.1, 0.15) is 6.10 Å². The molecule has 1 fully saturated rings. The van der Waals surface area contributed by atoms with Crippen LogP contribution < -0.4 is 0 Å². The highest BCUT2D eigenvalue weighted by atomic mass is 35.5. The molecule has 1 aromatic heterocycles. The molecule has 0 saturated carbocycles. The maximum Gasteiger partial charge on any atom is 0.123 e. The van der Waals surface area contributed by atoms with Gasteiger partial charge in [-0.1, -0.05) is 6.07 Å². The molecule has 0 N–H and O–H groups in total. The van der Waals surface area contributed by atoms with Crippen molar-refractivity contribution in [2.75, 3.05) is 19.8 Å². The summed E-state index contributed by atoms with van der Waals surface area (Å²) in [5.74, 6) is 0. The molecule has 0 radical (unpaired) electrons. The SMILES string of the molecule is Cl.c1ccc(C2COCCO2)nc1. The molecule has 13 heavy (non-hydrogen) atoms. The highest BCUT2D eigenvalue weighted by Gasteiger charge is 2.16. The largest absolute Gasteiger partial charge is 0.376 e. The summed E-state index contributed by atoms with van der Waals surface area (Å²) in [7, 11) is 0. The average molecular weight is 202 g/mol. The number of ether oxygens (including phenoxy) is 2. The first kappa shape index (κ1) is 10.4. The number of halogens is 1.